The lowest BCUT2D eigenvalue weighted by molar-refractivity contribution is 0.628. The summed E-state index contributed by atoms with van der Waals surface area (Å²) in [4.78, 5) is 18.4. The van der Waals surface area contributed by atoms with Gasteiger partial charge < -0.3 is 4.98 Å². The van der Waals surface area contributed by atoms with Crippen molar-refractivity contribution in [3.05, 3.63) is 46.0 Å². The minimum absolute atomic E-state index is 0.00615. The van der Waals surface area contributed by atoms with Crippen LogP contribution in [0.5, 0.6) is 0 Å². The number of H-pyrrole nitrogens is 1. The molecule has 4 nitrogen and oxygen atoms in total. The first kappa shape index (κ1) is 12.3. The van der Waals surface area contributed by atoms with Crippen molar-refractivity contribution in [2.24, 2.45) is 0 Å². The molecule has 1 aromatic heterocycles. The highest BCUT2D eigenvalue weighted by Crippen LogP contribution is 2.19. The zero-order chi connectivity index (χ0) is 13.1. The topological polar surface area (TPSA) is 69.5 Å². The van der Waals surface area contributed by atoms with E-state index in [1.807, 2.05) is 6.07 Å². The van der Waals surface area contributed by atoms with Crippen LogP contribution >= 0.6 is 11.8 Å². The Labute approximate surface area is 107 Å². The average Bonchev–Trinajstić information content (AvgIpc) is 2.38. The SMILES string of the molecule is CSc1nc(-c2ccc(F)cc2)[nH]c(=O)c1C#N. The zero-order valence-corrected chi connectivity index (χ0v) is 10.2. The van der Waals surface area contributed by atoms with Crippen LogP contribution in [0.4, 0.5) is 4.39 Å². The van der Waals surface area contributed by atoms with Gasteiger partial charge in [-0.25, -0.2) is 9.37 Å². The van der Waals surface area contributed by atoms with E-state index in [-0.39, 0.29) is 11.4 Å². The average molecular weight is 261 g/mol. The predicted octanol–water partition coefficient (Wildman–Crippen LogP) is 2.17. The van der Waals surface area contributed by atoms with Crippen LogP contribution in [0.3, 0.4) is 0 Å². The molecule has 0 saturated heterocycles. The van der Waals surface area contributed by atoms with Crippen molar-refractivity contribution >= 4 is 11.8 Å². The Bertz CT molecular complexity index is 673. The molecule has 0 amide bonds. The summed E-state index contributed by atoms with van der Waals surface area (Å²) in [6.07, 6.45) is 1.73. The molecule has 0 radical (unpaired) electrons. The molecular formula is C12H8FN3OS. The lowest BCUT2D eigenvalue weighted by Gasteiger charge is -2.04. The summed E-state index contributed by atoms with van der Waals surface area (Å²) in [5.41, 5.74) is 0.0952. The number of nitrogens with one attached hydrogen (secondary N) is 1. The van der Waals surface area contributed by atoms with Gasteiger partial charge in [0.15, 0.2) is 0 Å². The van der Waals surface area contributed by atoms with Gasteiger partial charge in [0.25, 0.3) is 5.56 Å². The number of nitrogens with zero attached hydrogens (tertiary/aromatic N) is 2. The molecule has 0 saturated carbocycles. The molecule has 0 aliphatic carbocycles. The maximum absolute atomic E-state index is 12.8. The minimum atomic E-state index is -0.490. The van der Waals surface area contributed by atoms with Crippen molar-refractivity contribution in [3.8, 4) is 17.5 Å². The standard InChI is InChI=1S/C12H8FN3OS/c1-18-12-9(6-14)11(17)15-10(16-12)7-2-4-8(13)5-3-7/h2-5H,1H3,(H,15,16,17). The number of aromatic nitrogens is 2. The minimum Gasteiger partial charge on any atom is -0.305 e. The largest absolute Gasteiger partial charge is 0.305 e. The number of aromatic amines is 1. The van der Waals surface area contributed by atoms with E-state index < -0.39 is 5.56 Å². The summed E-state index contributed by atoms with van der Waals surface area (Å²) in [5, 5.41) is 9.22. The fourth-order valence-corrected chi connectivity index (χ4v) is 1.97. The van der Waals surface area contributed by atoms with Crippen LogP contribution in [0.1, 0.15) is 5.56 Å². The van der Waals surface area contributed by atoms with Gasteiger partial charge in [-0.15, -0.1) is 11.8 Å². The summed E-state index contributed by atoms with van der Waals surface area (Å²) < 4.78 is 12.8. The van der Waals surface area contributed by atoms with E-state index in [1.54, 1.807) is 6.26 Å². The van der Waals surface area contributed by atoms with E-state index in [0.717, 1.165) is 0 Å². The molecule has 0 bridgehead atoms. The number of rotatable bonds is 2. The third-order valence-corrected chi connectivity index (χ3v) is 2.99. The molecule has 90 valence electrons. The fraction of sp³-hybridized carbons (Fsp3) is 0.0833. The number of hydrogen-bond donors (Lipinski definition) is 1. The van der Waals surface area contributed by atoms with Crippen LogP contribution in [-0.4, -0.2) is 16.2 Å². The quantitative estimate of drug-likeness (QED) is 0.664. The zero-order valence-electron chi connectivity index (χ0n) is 9.40. The fourth-order valence-electron chi connectivity index (χ4n) is 1.44. The third-order valence-electron chi connectivity index (χ3n) is 2.31. The number of hydrogen-bond acceptors (Lipinski definition) is 4. The van der Waals surface area contributed by atoms with Gasteiger partial charge in [-0.3, -0.25) is 4.79 Å². The number of benzene rings is 1. The molecule has 0 aliphatic heterocycles. The van der Waals surface area contributed by atoms with Crippen molar-refractivity contribution in [2.45, 2.75) is 5.03 Å². The third kappa shape index (κ3) is 2.26. The molecule has 18 heavy (non-hydrogen) atoms. The molecule has 0 aliphatic rings. The van der Waals surface area contributed by atoms with E-state index in [1.165, 1.54) is 36.0 Å². The monoisotopic (exact) mass is 261 g/mol. The Morgan fingerprint density at radius 2 is 2.06 bits per heavy atom. The maximum atomic E-state index is 12.8. The Hall–Kier alpha value is -2.13. The Balaban J connectivity index is 2.60. The van der Waals surface area contributed by atoms with E-state index in [0.29, 0.717) is 16.4 Å². The summed E-state index contributed by atoms with van der Waals surface area (Å²) in [6, 6.07) is 7.42. The second-order valence-corrected chi connectivity index (χ2v) is 4.21. The second kappa shape index (κ2) is 5.02. The lowest BCUT2D eigenvalue weighted by Crippen LogP contribution is -2.14. The maximum Gasteiger partial charge on any atom is 0.270 e. The van der Waals surface area contributed by atoms with Gasteiger partial charge in [0.2, 0.25) is 0 Å². The Morgan fingerprint density at radius 1 is 1.39 bits per heavy atom. The smallest absolute Gasteiger partial charge is 0.270 e. The van der Waals surface area contributed by atoms with Gasteiger partial charge in [-0.05, 0) is 30.5 Å². The van der Waals surface area contributed by atoms with Crippen LogP contribution in [-0.2, 0) is 0 Å². The van der Waals surface area contributed by atoms with Gasteiger partial charge in [0.05, 0.1) is 0 Å². The van der Waals surface area contributed by atoms with Crippen molar-refractivity contribution in [1.29, 1.82) is 5.26 Å². The summed E-state index contributed by atoms with van der Waals surface area (Å²) in [6.45, 7) is 0. The van der Waals surface area contributed by atoms with Gasteiger partial charge >= 0.3 is 0 Å². The van der Waals surface area contributed by atoms with Gasteiger partial charge in [0.1, 0.15) is 28.3 Å². The van der Waals surface area contributed by atoms with Gasteiger partial charge in [-0.2, -0.15) is 5.26 Å². The Morgan fingerprint density at radius 3 is 2.61 bits per heavy atom. The lowest BCUT2D eigenvalue weighted by atomic mass is 10.2. The molecule has 0 spiro atoms. The highest BCUT2D eigenvalue weighted by Gasteiger charge is 2.11. The van der Waals surface area contributed by atoms with E-state index in [9.17, 15) is 9.18 Å². The highest BCUT2D eigenvalue weighted by molar-refractivity contribution is 7.98. The first-order chi connectivity index (χ1) is 8.65. The van der Waals surface area contributed by atoms with Gasteiger partial charge in [-0.1, -0.05) is 0 Å². The highest BCUT2D eigenvalue weighted by atomic mass is 32.2. The number of halogens is 1. The first-order valence-electron chi connectivity index (χ1n) is 5.00. The predicted molar refractivity (Wildman–Crippen MR) is 66.7 cm³/mol. The normalized spacial score (nSPS) is 10.1. The van der Waals surface area contributed by atoms with Crippen LogP contribution < -0.4 is 5.56 Å². The molecule has 0 fully saturated rings. The van der Waals surface area contributed by atoms with Crippen LogP contribution in [0, 0.1) is 17.1 Å². The second-order valence-electron chi connectivity index (χ2n) is 3.42. The Kier molecular flexibility index (Phi) is 3.44. The van der Waals surface area contributed by atoms with Crippen LogP contribution in [0.15, 0.2) is 34.1 Å². The molecule has 1 aromatic carbocycles. The molecule has 2 aromatic rings. The first-order valence-corrected chi connectivity index (χ1v) is 6.22. The summed E-state index contributed by atoms with van der Waals surface area (Å²) >= 11 is 1.22. The molecular weight excluding hydrogens is 253 g/mol. The van der Waals surface area contributed by atoms with Crippen molar-refractivity contribution < 1.29 is 4.39 Å². The number of nitriles is 1. The summed E-state index contributed by atoms with van der Waals surface area (Å²) in [5.74, 6) is -0.0387. The molecule has 1 heterocycles. The summed E-state index contributed by atoms with van der Waals surface area (Å²) in [7, 11) is 0. The molecule has 1 N–H and O–H groups in total. The molecule has 6 heteroatoms. The van der Waals surface area contributed by atoms with E-state index in [2.05, 4.69) is 9.97 Å². The number of thioether (sulfide) groups is 1. The molecule has 0 atom stereocenters. The van der Waals surface area contributed by atoms with Gasteiger partial charge in [0, 0.05) is 5.56 Å². The van der Waals surface area contributed by atoms with E-state index >= 15 is 0 Å². The van der Waals surface area contributed by atoms with Crippen LogP contribution in [0.2, 0.25) is 0 Å². The van der Waals surface area contributed by atoms with Crippen LogP contribution in [0.25, 0.3) is 11.4 Å². The van der Waals surface area contributed by atoms with Crippen molar-refractivity contribution in [1.82, 2.24) is 9.97 Å². The van der Waals surface area contributed by atoms with Crippen molar-refractivity contribution in [2.75, 3.05) is 6.26 Å². The van der Waals surface area contributed by atoms with E-state index in [4.69, 9.17) is 5.26 Å². The van der Waals surface area contributed by atoms with Crippen molar-refractivity contribution in [3.63, 3.8) is 0 Å². The molecule has 2 rings (SSSR count). The molecule has 0 unspecified atom stereocenters.